The molecular formula is C21H19Cl2N7O8. The van der Waals surface area contributed by atoms with E-state index < -0.39 is 34.5 Å². The molecule has 0 aliphatic rings. The fourth-order valence-corrected chi connectivity index (χ4v) is 3.03. The quantitative estimate of drug-likeness (QED) is 0.0930. The lowest BCUT2D eigenvalue weighted by atomic mass is 10.1. The molecule has 4 rings (SSSR count). The summed E-state index contributed by atoms with van der Waals surface area (Å²) in [4.78, 5) is 33.9. The van der Waals surface area contributed by atoms with Crippen LogP contribution in [0.1, 0.15) is 10.5 Å². The number of nitrogen functional groups attached to an aromatic ring is 2. The topological polar surface area (TPSA) is 291 Å². The van der Waals surface area contributed by atoms with E-state index in [1.807, 2.05) is 0 Å². The Labute approximate surface area is 222 Å². The molecule has 4 aromatic rings. The van der Waals surface area contributed by atoms with Crippen molar-refractivity contribution in [1.82, 2.24) is 9.97 Å². The number of hydrogen-bond acceptors (Lipinski definition) is 12. The molecule has 200 valence electrons. The van der Waals surface area contributed by atoms with E-state index in [1.54, 1.807) is 0 Å². The fraction of sp³-hybridized carbons (Fsp3) is 0. The monoisotopic (exact) mass is 567 g/mol. The highest BCUT2D eigenvalue weighted by molar-refractivity contribution is 6.31. The molecule has 2 aromatic carbocycles. The summed E-state index contributed by atoms with van der Waals surface area (Å²) in [6.45, 7) is 0. The van der Waals surface area contributed by atoms with Crippen LogP contribution in [0.2, 0.25) is 5.15 Å². The number of benzene rings is 2. The van der Waals surface area contributed by atoms with Gasteiger partial charge in [-0.2, -0.15) is 4.99 Å². The van der Waals surface area contributed by atoms with Crippen LogP contribution >= 0.6 is 24.0 Å². The third kappa shape index (κ3) is 5.97. The number of amides is 1. The van der Waals surface area contributed by atoms with Crippen LogP contribution in [0.3, 0.4) is 0 Å². The normalized spacial score (nSPS) is 10.1. The molecule has 0 fully saturated rings. The molecular weight excluding hydrogens is 549 g/mol. The molecule has 2 heterocycles. The van der Waals surface area contributed by atoms with Crippen molar-refractivity contribution in [2.24, 2.45) is 16.5 Å². The number of hydrogen-bond donors (Lipinski definition) is 9. The van der Waals surface area contributed by atoms with Crippen LogP contribution in [0, 0.1) is 0 Å². The number of anilines is 2. The smallest absolute Gasteiger partial charge is 0.302 e. The Hall–Kier alpha value is -5.15. The van der Waals surface area contributed by atoms with Crippen molar-refractivity contribution >= 4 is 58.5 Å². The van der Waals surface area contributed by atoms with Crippen molar-refractivity contribution in [2.75, 3.05) is 11.5 Å². The first-order valence-electron chi connectivity index (χ1n) is 9.76. The Morgan fingerprint density at radius 3 is 2.18 bits per heavy atom. The Balaban J connectivity index is 0.000000280. The molecule has 17 heteroatoms. The molecule has 0 saturated heterocycles. The molecule has 0 saturated carbocycles. The van der Waals surface area contributed by atoms with Crippen LogP contribution in [0.5, 0.6) is 28.7 Å². The van der Waals surface area contributed by atoms with Crippen LogP contribution in [-0.2, 0) is 0 Å². The second-order valence-corrected chi connectivity index (χ2v) is 7.48. The van der Waals surface area contributed by atoms with Crippen molar-refractivity contribution in [2.45, 2.75) is 0 Å². The first-order chi connectivity index (χ1) is 17.3. The third-order valence-electron chi connectivity index (χ3n) is 4.51. The Kier molecular flexibility index (Phi) is 8.63. The van der Waals surface area contributed by atoms with E-state index >= 15 is 0 Å². The second kappa shape index (κ2) is 11.3. The van der Waals surface area contributed by atoms with Gasteiger partial charge in [0.05, 0.1) is 0 Å². The number of carbonyl (C=O) groups excluding carboxylic acids is 1. The van der Waals surface area contributed by atoms with E-state index in [0.29, 0.717) is 0 Å². The van der Waals surface area contributed by atoms with E-state index in [2.05, 4.69) is 15.0 Å². The molecule has 13 N–H and O–H groups in total. The maximum Gasteiger partial charge on any atom is 0.302 e. The largest absolute Gasteiger partial charge is 0.508 e. The standard InChI is InChI=1S/C15H10O7.C6H8ClN7O.ClH/c16-7-4-10(19)12-11(5-7)22-15(14(21)13(12)20)6-1-2-8(17)9(18)3-6;7-2-4(9)13-3(8)1(12-2)5(15)14-6(10)11;/h1-5,16-19,21H;(H4,8,9,13)(H4,10,11,14,15);1H. The van der Waals surface area contributed by atoms with Crippen LogP contribution in [0.25, 0.3) is 22.3 Å². The van der Waals surface area contributed by atoms with Crippen molar-refractivity contribution in [1.29, 1.82) is 0 Å². The molecule has 0 spiro atoms. The Bertz CT molecular complexity index is 1640. The van der Waals surface area contributed by atoms with E-state index in [0.717, 1.165) is 24.3 Å². The predicted octanol–water partition coefficient (Wildman–Crippen LogP) is 1.12. The number of guanidine groups is 1. The molecule has 2 aromatic heterocycles. The van der Waals surface area contributed by atoms with Gasteiger partial charge < -0.3 is 52.9 Å². The SMILES string of the molecule is Cl.NC(N)=NC(=O)c1nc(Cl)c(N)nc1N.O=c1c(O)c(-c2ccc(O)c(O)c2)oc2cc(O)cc(O)c12. The summed E-state index contributed by atoms with van der Waals surface area (Å²) in [7, 11) is 0. The second-order valence-electron chi connectivity index (χ2n) is 7.13. The lowest BCUT2D eigenvalue weighted by Gasteiger charge is -2.08. The molecule has 0 atom stereocenters. The molecule has 15 nitrogen and oxygen atoms in total. The summed E-state index contributed by atoms with van der Waals surface area (Å²) in [6, 6.07) is 5.64. The highest BCUT2D eigenvalue weighted by Crippen LogP contribution is 2.37. The van der Waals surface area contributed by atoms with Crippen molar-refractivity contribution in [3.8, 4) is 40.1 Å². The maximum atomic E-state index is 12.1. The van der Waals surface area contributed by atoms with Crippen LogP contribution in [-0.4, -0.2) is 47.4 Å². The van der Waals surface area contributed by atoms with Gasteiger partial charge in [0.15, 0.2) is 45.7 Å². The number of carbonyl (C=O) groups is 1. The Morgan fingerprint density at radius 2 is 1.58 bits per heavy atom. The number of aromatic nitrogens is 2. The molecule has 0 bridgehead atoms. The minimum Gasteiger partial charge on any atom is -0.508 e. The zero-order valence-corrected chi connectivity index (χ0v) is 20.4. The van der Waals surface area contributed by atoms with Crippen LogP contribution in [0.4, 0.5) is 11.6 Å². The molecule has 0 aliphatic carbocycles. The Morgan fingerprint density at radius 1 is 0.921 bits per heavy atom. The summed E-state index contributed by atoms with van der Waals surface area (Å²) < 4.78 is 5.35. The number of aromatic hydroxyl groups is 5. The molecule has 38 heavy (non-hydrogen) atoms. The fourth-order valence-electron chi connectivity index (χ4n) is 2.90. The van der Waals surface area contributed by atoms with Gasteiger partial charge in [-0.05, 0) is 18.2 Å². The summed E-state index contributed by atoms with van der Waals surface area (Å²) >= 11 is 5.55. The van der Waals surface area contributed by atoms with E-state index in [9.17, 15) is 35.1 Å². The first kappa shape index (κ1) is 29.1. The number of phenolic OH excluding ortho intramolecular Hbond substituents is 4. The summed E-state index contributed by atoms with van der Waals surface area (Å²) in [5.74, 6) is -4.22. The van der Waals surface area contributed by atoms with Crippen LogP contribution in [0.15, 0.2) is 44.5 Å². The van der Waals surface area contributed by atoms with Crippen molar-refractivity contribution in [3.63, 3.8) is 0 Å². The molecule has 0 aliphatic heterocycles. The summed E-state index contributed by atoms with van der Waals surface area (Å²) in [5, 5.41) is 47.5. The predicted molar refractivity (Wildman–Crippen MR) is 139 cm³/mol. The van der Waals surface area contributed by atoms with Gasteiger partial charge in [-0.25, -0.2) is 9.97 Å². The number of aliphatic imine (C=N–C) groups is 1. The lowest BCUT2D eigenvalue weighted by molar-refractivity contribution is 0.0998. The minimum atomic E-state index is -0.888. The van der Waals surface area contributed by atoms with Gasteiger partial charge in [0, 0.05) is 17.7 Å². The lowest BCUT2D eigenvalue weighted by Crippen LogP contribution is -2.24. The number of nitrogens with two attached hydrogens (primary N) is 4. The average Bonchev–Trinajstić information content (AvgIpc) is 2.80. The van der Waals surface area contributed by atoms with E-state index in [1.165, 1.54) is 6.07 Å². The molecule has 0 radical (unpaired) electrons. The van der Waals surface area contributed by atoms with E-state index in [-0.39, 0.29) is 68.7 Å². The van der Waals surface area contributed by atoms with Gasteiger partial charge >= 0.3 is 5.91 Å². The van der Waals surface area contributed by atoms with Crippen molar-refractivity contribution < 1.29 is 34.7 Å². The highest BCUT2D eigenvalue weighted by Gasteiger charge is 2.19. The van der Waals surface area contributed by atoms with Gasteiger partial charge in [-0.15, -0.1) is 12.4 Å². The summed E-state index contributed by atoms with van der Waals surface area (Å²) in [5.41, 5.74) is 19.6. The zero-order valence-electron chi connectivity index (χ0n) is 18.8. The van der Waals surface area contributed by atoms with Gasteiger partial charge in [0.2, 0.25) is 11.2 Å². The van der Waals surface area contributed by atoms with Crippen molar-refractivity contribution in [3.05, 3.63) is 51.4 Å². The van der Waals surface area contributed by atoms with E-state index in [4.69, 9.17) is 39.0 Å². The maximum absolute atomic E-state index is 12.1. The number of halogens is 2. The van der Waals surface area contributed by atoms with Crippen LogP contribution < -0.4 is 28.4 Å². The number of phenols is 4. The first-order valence-corrected chi connectivity index (χ1v) is 10.1. The van der Waals surface area contributed by atoms with Gasteiger partial charge in [-0.1, -0.05) is 11.6 Å². The number of rotatable bonds is 2. The third-order valence-corrected chi connectivity index (χ3v) is 4.79. The minimum absolute atomic E-state index is 0. The number of nitrogens with zero attached hydrogens (tertiary/aromatic N) is 3. The molecule has 0 unspecified atom stereocenters. The van der Waals surface area contributed by atoms with Gasteiger partial charge in [-0.3, -0.25) is 9.59 Å². The molecule has 1 amide bonds. The summed E-state index contributed by atoms with van der Waals surface area (Å²) in [6.07, 6.45) is 0. The highest BCUT2D eigenvalue weighted by atomic mass is 35.5. The van der Waals surface area contributed by atoms with Gasteiger partial charge in [0.1, 0.15) is 22.5 Å². The van der Waals surface area contributed by atoms with Gasteiger partial charge in [0.25, 0.3) is 0 Å². The zero-order chi connectivity index (χ0) is 27.6. The average molecular weight is 568 g/mol. The number of fused-ring (bicyclic) bond motifs is 1.